The lowest BCUT2D eigenvalue weighted by molar-refractivity contribution is -0.116. The first-order valence-corrected chi connectivity index (χ1v) is 6.14. The Hall–Kier alpha value is -1.04. The van der Waals surface area contributed by atoms with Gasteiger partial charge in [-0.1, -0.05) is 12.1 Å². The Labute approximate surface area is 105 Å². The van der Waals surface area contributed by atoms with Crippen molar-refractivity contribution in [2.75, 3.05) is 11.1 Å². The summed E-state index contributed by atoms with van der Waals surface area (Å²) in [5.41, 5.74) is 2.44. The molecule has 92 valence electrons. The van der Waals surface area contributed by atoms with Crippen LogP contribution in [0.1, 0.15) is 23.7 Å². The van der Waals surface area contributed by atoms with Crippen LogP contribution in [0.5, 0.6) is 0 Å². The Morgan fingerprint density at radius 1 is 1.35 bits per heavy atom. The lowest BCUT2D eigenvalue weighted by Crippen LogP contribution is -2.22. The fraction of sp³-hybridized carbons (Fsp3) is 0.417. The number of hydrogen-bond acceptors (Lipinski definition) is 4. The average Bonchev–Trinajstić information content (AvgIpc) is 2.36. The number of aryl methyl sites for hydroxylation is 1. The van der Waals surface area contributed by atoms with Crippen molar-refractivity contribution in [2.24, 2.45) is 0 Å². The summed E-state index contributed by atoms with van der Waals surface area (Å²) < 4.78 is 0. The number of aliphatic hydroxyl groups excluding tert-OH is 2. The third-order valence-electron chi connectivity index (χ3n) is 2.92. The molecule has 0 aromatic heterocycles. The van der Waals surface area contributed by atoms with Gasteiger partial charge in [0.05, 0.1) is 6.10 Å². The molecule has 1 aromatic carbocycles. The molecule has 3 N–H and O–H groups in total. The summed E-state index contributed by atoms with van der Waals surface area (Å²) in [6.07, 6.45) is -0.689. The van der Waals surface area contributed by atoms with Crippen LogP contribution in [-0.4, -0.2) is 28.0 Å². The van der Waals surface area contributed by atoms with Gasteiger partial charge in [0.25, 0.3) is 0 Å². The van der Waals surface area contributed by atoms with Gasteiger partial charge in [-0.2, -0.15) is 12.6 Å². The quantitative estimate of drug-likeness (QED) is 0.605. The zero-order valence-corrected chi connectivity index (χ0v) is 10.2. The SMILES string of the molecule is O=C1CCc2cc(C(O)C(O)CS)ccc2N1. The van der Waals surface area contributed by atoms with Crippen molar-refractivity contribution in [3.05, 3.63) is 29.3 Å². The highest BCUT2D eigenvalue weighted by Gasteiger charge is 2.20. The number of aliphatic hydroxyl groups is 2. The fourth-order valence-electron chi connectivity index (χ4n) is 1.91. The van der Waals surface area contributed by atoms with E-state index < -0.39 is 12.2 Å². The van der Waals surface area contributed by atoms with Crippen molar-refractivity contribution >= 4 is 24.2 Å². The predicted molar refractivity (Wildman–Crippen MR) is 68.2 cm³/mol. The minimum absolute atomic E-state index is 0.0150. The van der Waals surface area contributed by atoms with E-state index in [1.807, 2.05) is 6.07 Å². The molecule has 17 heavy (non-hydrogen) atoms. The van der Waals surface area contributed by atoms with Crippen LogP contribution >= 0.6 is 12.6 Å². The maximum Gasteiger partial charge on any atom is 0.224 e. The second-order valence-electron chi connectivity index (χ2n) is 4.16. The van der Waals surface area contributed by atoms with E-state index >= 15 is 0 Å². The molecule has 1 aliphatic rings. The number of rotatable bonds is 3. The van der Waals surface area contributed by atoms with Crippen molar-refractivity contribution in [3.8, 4) is 0 Å². The molecule has 2 unspecified atom stereocenters. The average molecular weight is 253 g/mol. The molecule has 1 aliphatic heterocycles. The predicted octanol–water partition coefficient (Wildman–Crippen LogP) is 0.895. The van der Waals surface area contributed by atoms with Gasteiger partial charge in [-0.25, -0.2) is 0 Å². The van der Waals surface area contributed by atoms with Crippen LogP contribution in [0, 0.1) is 0 Å². The minimum Gasteiger partial charge on any atom is -0.389 e. The lowest BCUT2D eigenvalue weighted by Gasteiger charge is -2.21. The van der Waals surface area contributed by atoms with E-state index in [-0.39, 0.29) is 11.7 Å². The smallest absolute Gasteiger partial charge is 0.224 e. The number of hydrogen-bond donors (Lipinski definition) is 4. The zero-order valence-electron chi connectivity index (χ0n) is 9.26. The van der Waals surface area contributed by atoms with Crippen LogP contribution < -0.4 is 5.32 Å². The summed E-state index contributed by atoms with van der Waals surface area (Å²) in [6.45, 7) is 0. The van der Waals surface area contributed by atoms with Crippen molar-refractivity contribution in [2.45, 2.75) is 25.0 Å². The van der Waals surface area contributed by atoms with Crippen LogP contribution in [0.4, 0.5) is 5.69 Å². The van der Waals surface area contributed by atoms with E-state index in [0.29, 0.717) is 18.4 Å². The summed E-state index contributed by atoms with van der Waals surface area (Å²) in [6, 6.07) is 5.30. The van der Waals surface area contributed by atoms with Gasteiger partial charge in [0.15, 0.2) is 0 Å². The monoisotopic (exact) mass is 253 g/mol. The van der Waals surface area contributed by atoms with Gasteiger partial charge in [-0.3, -0.25) is 4.79 Å². The van der Waals surface area contributed by atoms with Crippen LogP contribution in [0.2, 0.25) is 0 Å². The third kappa shape index (κ3) is 2.62. The number of nitrogens with one attached hydrogen (secondary N) is 1. The highest BCUT2D eigenvalue weighted by molar-refractivity contribution is 7.80. The summed E-state index contributed by atoms with van der Waals surface area (Å²) in [7, 11) is 0. The number of carbonyl (C=O) groups excluding carboxylic acids is 1. The lowest BCUT2D eigenvalue weighted by atomic mass is 9.97. The van der Waals surface area contributed by atoms with Gasteiger partial charge in [0.1, 0.15) is 6.10 Å². The molecule has 0 radical (unpaired) electrons. The van der Waals surface area contributed by atoms with Gasteiger partial charge in [-0.05, 0) is 23.6 Å². The van der Waals surface area contributed by atoms with E-state index in [9.17, 15) is 15.0 Å². The molecular weight excluding hydrogens is 238 g/mol. The molecule has 0 spiro atoms. The first-order valence-electron chi connectivity index (χ1n) is 5.51. The van der Waals surface area contributed by atoms with Gasteiger partial charge in [-0.15, -0.1) is 0 Å². The standard InChI is InChI=1S/C12H15NO3S/c14-10(6-17)12(16)8-1-3-9-7(5-8)2-4-11(15)13-9/h1,3,5,10,12,14,16-17H,2,4,6H2,(H,13,15). The molecule has 2 rings (SSSR count). The summed E-state index contributed by atoms with van der Waals surface area (Å²) in [5, 5.41) is 22.2. The van der Waals surface area contributed by atoms with Crippen LogP contribution in [-0.2, 0) is 11.2 Å². The minimum atomic E-state index is -0.935. The molecule has 1 aromatic rings. The maximum absolute atomic E-state index is 11.2. The number of benzene rings is 1. The first-order chi connectivity index (χ1) is 8.11. The zero-order chi connectivity index (χ0) is 12.4. The molecule has 1 heterocycles. The maximum atomic E-state index is 11.2. The Kier molecular flexibility index (Phi) is 3.71. The highest BCUT2D eigenvalue weighted by Crippen LogP contribution is 2.27. The van der Waals surface area contributed by atoms with Crippen LogP contribution in [0.15, 0.2) is 18.2 Å². The summed E-state index contributed by atoms with van der Waals surface area (Å²) in [4.78, 5) is 11.2. The second kappa shape index (κ2) is 5.08. The number of amides is 1. The fourth-order valence-corrected chi connectivity index (χ4v) is 2.11. The Morgan fingerprint density at radius 2 is 2.12 bits per heavy atom. The van der Waals surface area contributed by atoms with Crippen molar-refractivity contribution in [1.29, 1.82) is 0 Å². The molecule has 0 aliphatic carbocycles. The van der Waals surface area contributed by atoms with Crippen molar-refractivity contribution in [1.82, 2.24) is 0 Å². The molecule has 0 fully saturated rings. The number of anilines is 1. The van der Waals surface area contributed by atoms with E-state index in [2.05, 4.69) is 17.9 Å². The summed E-state index contributed by atoms with van der Waals surface area (Å²) >= 11 is 3.95. The molecule has 0 bridgehead atoms. The van der Waals surface area contributed by atoms with Gasteiger partial charge < -0.3 is 15.5 Å². The van der Waals surface area contributed by atoms with Crippen LogP contribution in [0.25, 0.3) is 0 Å². The molecule has 1 amide bonds. The number of carbonyl (C=O) groups is 1. The molecule has 4 nitrogen and oxygen atoms in total. The Morgan fingerprint density at radius 3 is 2.82 bits per heavy atom. The highest BCUT2D eigenvalue weighted by atomic mass is 32.1. The van der Waals surface area contributed by atoms with Crippen molar-refractivity contribution in [3.63, 3.8) is 0 Å². The third-order valence-corrected chi connectivity index (χ3v) is 3.29. The molecular formula is C12H15NO3S. The Balaban J connectivity index is 2.24. The normalized spacial score (nSPS) is 18.2. The van der Waals surface area contributed by atoms with Crippen molar-refractivity contribution < 1.29 is 15.0 Å². The largest absolute Gasteiger partial charge is 0.389 e. The molecule has 0 saturated carbocycles. The van der Waals surface area contributed by atoms with Gasteiger partial charge in [0, 0.05) is 17.9 Å². The van der Waals surface area contributed by atoms with E-state index in [4.69, 9.17) is 0 Å². The molecule has 5 heteroatoms. The molecule has 0 saturated heterocycles. The first kappa shape index (κ1) is 12.4. The summed E-state index contributed by atoms with van der Waals surface area (Å²) in [5.74, 6) is 0.218. The van der Waals surface area contributed by atoms with Crippen LogP contribution in [0.3, 0.4) is 0 Å². The Bertz CT molecular complexity index is 436. The van der Waals surface area contributed by atoms with E-state index in [1.165, 1.54) is 0 Å². The number of thiol groups is 1. The van der Waals surface area contributed by atoms with E-state index in [1.54, 1.807) is 12.1 Å². The second-order valence-corrected chi connectivity index (χ2v) is 4.52. The van der Waals surface area contributed by atoms with Gasteiger partial charge >= 0.3 is 0 Å². The number of fused-ring (bicyclic) bond motifs is 1. The van der Waals surface area contributed by atoms with E-state index in [0.717, 1.165) is 11.3 Å². The molecule has 2 atom stereocenters. The van der Waals surface area contributed by atoms with Gasteiger partial charge in [0.2, 0.25) is 5.91 Å². The topological polar surface area (TPSA) is 69.6 Å².